The van der Waals surface area contributed by atoms with Gasteiger partial charge in [0.15, 0.2) is 0 Å². The van der Waals surface area contributed by atoms with Crippen molar-refractivity contribution < 1.29 is 18.9 Å². The maximum Gasteiger partial charge on any atom is 1.00 e. The van der Waals surface area contributed by atoms with Crippen LogP contribution in [0.1, 0.15) is 0 Å². The second-order valence-corrected chi connectivity index (χ2v) is 5.77. The molecule has 2 heterocycles. The molecule has 0 saturated carbocycles. The molecule has 0 spiro atoms. The van der Waals surface area contributed by atoms with Gasteiger partial charge in [-0.3, -0.25) is 0 Å². The first kappa shape index (κ1) is 10.3. The Kier molecular flexibility index (Phi) is 4.73. The zero-order chi connectivity index (χ0) is 6.81. The normalized spacial score (nSPS) is 21.1. The van der Waals surface area contributed by atoms with Gasteiger partial charge >= 0.3 is 18.9 Å². The molecule has 0 amide bonds. The van der Waals surface area contributed by atoms with Crippen LogP contribution in [0.4, 0.5) is 0 Å². The Morgan fingerprint density at radius 1 is 0.636 bits per heavy atom. The van der Waals surface area contributed by atoms with Gasteiger partial charge in [0.1, 0.15) is 0 Å². The Bertz CT molecular complexity index is 187. The topological polar surface area (TPSA) is 0 Å². The van der Waals surface area contributed by atoms with Crippen LogP contribution in [0, 0.1) is 0 Å². The first-order valence-corrected chi connectivity index (χ1v) is 6.19. The van der Waals surface area contributed by atoms with Gasteiger partial charge in [-0.1, -0.05) is 47.0 Å². The second kappa shape index (κ2) is 5.06. The van der Waals surface area contributed by atoms with E-state index in [4.69, 9.17) is 0 Å². The van der Waals surface area contributed by atoms with Crippen molar-refractivity contribution in [3.05, 3.63) is 30.1 Å². The monoisotopic (exact) mass is 211 g/mol. The van der Waals surface area contributed by atoms with E-state index in [1.165, 1.54) is 8.47 Å². The van der Waals surface area contributed by atoms with Crippen LogP contribution < -0.4 is 18.9 Å². The Hall–Kier alpha value is 1.22. The molecule has 11 heavy (non-hydrogen) atoms. The maximum atomic E-state index is 2.13. The van der Waals surface area contributed by atoms with Crippen molar-refractivity contribution in [2.45, 2.75) is 0 Å². The fourth-order valence-electron chi connectivity index (χ4n) is 0.606. The van der Waals surface area contributed by atoms with E-state index in [9.17, 15) is 0 Å². The molecular weight excluding hydrogens is 207 g/mol. The van der Waals surface area contributed by atoms with Crippen molar-refractivity contribution in [3.63, 3.8) is 0 Å². The van der Waals surface area contributed by atoms with Crippen molar-refractivity contribution in [3.8, 4) is 0 Å². The average Bonchev–Trinajstić information content (AvgIpc) is 2.59. The molecule has 2 aliphatic rings. The quantitative estimate of drug-likeness (QED) is 0.548. The summed E-state index contributed by atoms with van der Waals surface area (Å²) in [7, 11) is 0. The van der Waals surface area contributed by atoms with Gasteiger partial charge in [-0.2, -0.15) is 0 Å². The third-order valence-electron chi connectivity index (χ3n) is 0.978. The van der Waals surface area contributed by atoms with Gasteiger partial charge < -0.3 is 0 Å². The van der Waals surface area contributed by atoms with E-state index >= 15 is 0 Å². The van der Waals surface area contributed by atoms with Gasteiger partial charge in [-0.05, 0) is 21.6 Å². The standard InChI is InChI=1S/C6H4S4.Li/c1-2-8-5(7-1)6-9-3-4-10-6;/h1-4H;/q;+1. The third-order valence-corrected chi connectivity index (χ3v) is 5.76. The minimum atomic E-state index is 0. The Morgan fingerprint density at radius 3 is 1.18 bits per heavy atom. The van der Waals surface area contributed by atoms with Crippen molar-refractivity contribution in [1.82, 2.24) is 0 Å². The summed E-state index contributed by atoms with van der Waals surface area (Å²) in [6, 6.07) is 0. The van der Waals surface area contributed by atoms with Crippen LogP contribution in [0.15, 0.2) is 30.1 Å². The molecule has 0 aromatic rings. The molecule has 0 fully saturated rings. The summed E-state index contributed by atoms with van der Waals surface area (Å²) in [6.07, 6.45) is 0. The predicted molar refractivity (Wildman–Crippen MR) is 55.7 cm³/mol. The van der Waals surface area contributed by atoms with E-state index in [0.717, 1.165) is 0 Å². The van der Waals surface area contributed by atoms with E-state index in [1.807, 2.05) is 47.0 Å². The number of thioether (sulfide) groups is 4. The third kappa shape index (κ3) is 2.58. The number of hydrogen-bond donors (Lipinski definition) is 0. The van der Waals surface area contributed by atoms with Crippen molar-refractivity contribution in [1.29, 1.82) is 0 Å². The summed E-state index contributed by atoms with van der Waals surface area (Å²) in [6.45, 7) is 0. The Labute approximate surface area is 95.3 Å². The molecule has 0 unspecified atom stereocenters. The van der Waals surface area contributed by atoms with Gasteiger partial charge in [0.05, 0.1) is 8.47 Å². The smallest absolute Gasteiger partial charge is 0.0884 e. The molecule has 0 aromatic heterocycles. The van der Waals surface area contributed by atoms with E-state index in [0.29, 0.717) is 0 Å². The molecular formula is C6H4LiS4+. The molecule has 0 bridgehead atoms. The van der Waals surface area contributed by atoms with Gasteiger partial charge in [0, 0.05) is 0 Å². The van der Waals surface area contributed by atoms with Crippen LogP contribution in [-0.2, 0) is 0 Å². The summed E-state index contributed by atoms with van der Waals surface area (Å²) in [5.41, 5.74) is 0. The van der Waals surface area contributed by atoms with Crippen LogP contribution >= 0.6 is 47.0 Å². The maximum absolute atomic E-state index is 2.13. The van der Waals surface area contributed by atoms with E-state index in [-0.39, 0.29) is 18.9 Å². The Morgan fingerprint density at radius 2 is 0.909 bits per heavy atom. The molecule has 0 saturated heterocycles. The van der Waals surface area contributed by atoms with Crippen LogP contribution in [0.5, 0.6) is 0 Å². The fraction of sp³-hybridized carbons (Fsp3) is 0. The SMILES string of the molecule is C1=CSC(=C2SC=CS2)S1.[Li+]. The first-order valence-electron chi connectivity index (χ1n) is 2.68. The van der Waals surface area contributed by atoms with Crippen molar-refractivity contribution >= 4 is 47.0 Å². The van der Waals surface area contributed by atoms with E-state index < -0.39 is 0 Å². The van der Waals surface area contributed by atoms with Crippen LogP contribution in [-0.4, -0.2) is 0 Å². The molecule has 2 aliphatic heterocycles. The summed E-state index contributed by atoms with van der Waals surface area (Å²) >= 11 is 7.28. The van der Waals surface area contributed by atoms with E-state index in [2.05, 4.69) is 21.6 Å². The zero-order valence-corrected chi connectivity index (χ0v) is 9.21. The minimum absolute atomic E-state index is 0. The molecule has 52 valence electrons. The van der Waals surface area contributed by atoms with Crippen molar-refractivity contribution in [2.75, 3.05) is 0 Å². The molecule has 2 rings (SSSR count). The zero-order valence-electron chi connectivity index (χ0n) is 5.94. The molecule has 0 radical (unpaired) electrons. The van der Waals surface area contributed by atoms with E-state index in [1.54, 1.807) is 0 Å². The predicted octanol–water partition coefficient (Wildman–Crippen LogP) is 1.02. The average molecular weight is 211 g/mol. The molecule has 0 N–H and O–H groups in total. The molecule has 0 nitrogen and oxygen atoms in total. The minimum Gasteiger partial charge on any atom is -0.0884 e. The first-order chi connectivity index (χ1) is 4.97. The van der Waals surface area contributed by atoms with Crippen LogP contribution in [0.25, 0.3) is 0 Å². The largest absolute Gasteiger partial charge is 1.00 e. The van der Waals surface area contributed by atoms with Gasteiger partial charge in [0.25, 0.3) is 0 Å². The van der Waals surface area contributed by atoms with Crippen LogP contribution in [0.3, 0.4) is 0 Å². The summed E-state index contributed by atoms with van der Waals surface area (Å²) in [4.78, 5) is 0. The summed E-state index contributed by atoms with van der Waals surface area (Å²) in [5, 5.41) is 8.53. The summed E-state index contributed by atoms with van der Waals surface area (Å²) < 4.78 is 2.86. The molecule has 0 aromatic carbocycles. The summed E-state index contributed by atoms with van der Waals surface area (Å²) in [5.74, 6) is 0. The Balaban J connectivity index is 0.000000605. The molecule has 5 heteroatoms. The number of hydrogen-bond acceptors (Lipinski definition) is 4. The molecule has 0 atom stereocenters. The van der Waals surface area contributed by atoms with Gasteiger partial charge in [0.2, 0.25) is 0 Å². The van der Waals surface area contributed by atoms with Crippen LogP contribution in [0.2, 0.25) is 0 Å². The second-order valence-electron chi connectivity index (χ2n) is 1.59. The van der Waals surface area contributed by atoms with Gasteiger partial charge in [-0.25, -0.2) is 0 Å². The van der Waals surface area contributed by atoms with Crippen molar-refractivity contribution in [2.24, 2.45) is 0 Å². The fourth-order valence-corrected chi connectivity index (χ4v) is 4.64. The molecule has 0 aliphatic carbocycles. The number of rotatable bonds is 0. The van der Waals surface area contributed by atoms with Gasteiger partial charge in [-0.15, -0.1) is 0 Å².